The van der Waals surface area contributed by atoms with Gasteiger partial charge < -0.3 is 10.6 Å². The molecular weight excluding hydrogens is 460 g/mol. The van der Waals surface area contributed by atoms with Crippen molar-refractivity contribution in [3.05, 3.63) is 65.2 Å². The van der Waals surface area contributed by atoms with Crippen LogP contribution in [0.3, 0.4) is 0 Å². The highest BCUT2D eigenvalue weighted by atomic mass is 79.9. The molecule has 1 fully saturated rings. The Balaban J connectivity index is 1.70. The second kappa shape index (κ2) is 6.59. The van der Waals surface area contributed by atoms with Crippen LogP contribution in [-0.4, -0.2) is 24.8 Å². The Morgan fingerprint density at radius 3 is 2.58 bits per heavy atom. The fourth-order valence-corrected chi connectivity index (χ4v) is 4.69. The Kier molecular flexibility index (Phi) is 4.53. The minimum absolute atomic E-state index is 0.129. The third-order valence-electron chi connectivity index (χ3n) is 5.26. The first-order valence-corrected chi connectivity index (χ1v) is 10.1. The van der Waals surface area contributed by atoms with Crippen LogP contribution >= 0.6 is 31.9 Å². The van der Waals surface area contributed by atoms with Gasteiger partial charge in [0.1, 0.15) is 0 Å². The maximum Gasteiger partial charge on any atom is 0.256 e. The Morgan fingerprint density at radius 2 is 1.88 bits per heavy atom. The lowest BCUT2D eigenvalue weighted by molar-refractivity contribution is -0.115. The summed E-state index contributed by atoms with van der Waals surface area (Å²) in [5.74, 6) is -0.0528. The Bertz CT molecular complexity index is 875. The number of nitrogens with one attached hydrogen (secondary N) is 2. The summed E-state index contributed by atoms with van der Waals surface area (Å²) in [5.41, 5.74) is 2.82. The van der Waals surface area contributed by atoms with Crippen LogP contribution in [0, 0.1) is 5.41 Å². The van der Waals surface area contributed by atoms with Crippen molar-refractivity contribution in [3.8, 4) is 0 Å². The summed E-state index contributed by atoms with van der Waals surface area (Å²) in [5, 5.41) is 6.17. The van der Waals surface area contributed by atoms with E-state index in [-0.39, 0.29) is 11.7 Å². The van der Waals surface area contributed by atoms with Crippen molar-refractivity contribution in [2.75, 3.05) is 18.4 Å². The van der Waals surface area contributed by atoms with Crippen LogP contribution in [0.1, 0.15) is 27.9 Å². The van der Waals surface area contributed by atoms with E-state index in [0.29, 0.717) is 18.5 Å². The second-order valence-corrected chi connectivity index (χ2v) is 10.4. The number of halogens is 2. The minimum atomic E-state index is -0.980. The number of anilines is 1. The molecule has 4 nitrogen and oxygen atoms in total. The number of carbonyl (C=O) groups is 2. The molecule has 1 saturated heterocycles. The van der Waals surface area contributed by atoms with Crippen LogP contribution in [0.4, 0.5) is 5.69 Å². The predicted octanol–water partition coefficient (Wildman–Crippen LogP) is 3.99. The van der Waals surface area contributed by atoms with E-state index in [0.717, 1.165) is 29.8 Å². The van der Waals surface area contributed by atoms with Crippen LogP contribution in [-0.2, 0) is 14.4 Å². The first-order chi connectivity index (χ1) is 12.4. The molecule has 2 aromatic rings. The van der Waals surface area contributed by atoms with Gasteiger partial charge in [-0.1, -0.05) is 62.2 Å². The van der Waals surface area contributed by atoms with E-state index in [2.05, 4.69) is 54.6 Å². The zero-order chi connectivity index (χ0) is 18.4. The first kappa shape index (κ1) is 17.9. The maximum absolute atomic E-state index is 13.5. The SMILES string of the molecule is O=C(c1ccc2c(c1)C(Br)(Br)C(=O)N2)C1(Cc2ccccc2)CCNC1. The largest absolute Gasteiger partial charge is 0.323 e. The molecule has 6 heteroatoms. The molecule has 134 valence electrons. The van der Waals surface area contributed by atoms with Crippen LogP contribution in [0.2, 0.25) is 0 Å². The Labute approximate surface area is 169 Å². The van der Waals surface area contributed by atoms with Gasteiger partial charge in [0, 0.05) is 23.4 Å². The Morgan fingerprint density at radius 1 is 1.12 bits per heavy atom. The topological polar surface area (TPSA) is 58.2 Å². The van der Waals surface area contributed by atoms with Gasteiger partial charge >= 0.3 is 0 Å². The van der Waals surface area contributed by atoms with Crippen LogP contribution in [0.15, 0.2) is 48.5 Å². The number of amides is 1. The number of hydrogen-bond donors (Lipinski definition) is 2. The van der Waals surface area contributed by atoms with E-state index in [9.17, 15) is 9.59 Å². The molecule has 4 rings (SSSR count). The summed E-state index contributed by atoms with van der Waals surface area (Å²) in [6, 6.07) is 15.6. The molecule has 2 aliphatic rings. The number of rotatable bonds is 4. The molecule has 2 aliphatic heterocycles. The van der Waals surface area contributed by atoms with Crippen LogP contribution < -0.4 is 10.6 Å². The molecule has 0 aliphatic carbocycles. The zero-order valence-electron chi connectivity index (χ0n) is 14.0. The fraction of sp³-hybridized carbons (Fsp3) is 0.300. The van der Waals surface area contributed by atoms with Crippen LogP contribution in [0.5, 0.6) is 0 Å². The van der Waals surface area contributed by atoms with Gasteiger partial charge in [-0.3, -0.25) is 9.59 Å². The highest BCUT2D eigenvalue weighted by Crippen LogP contribution is 2.48. The van der Waals surface area contributed by atoms with Crippen LogP contribution in [0.25, 0.3) is 0 Å². The number of hydrogen-bond acceptors (Lipinski definition) is 3. The molecule has 1 amide bonds. The summed E-state index contributed by atoms with van der Waals surface area (Å²) < 4.78 is -0.980. The molecule has 2 aromatic carbocycles. The average Bonchev–Trinajstić information content (AvgIpc) is 3.19. The Hall–Kier alpha value is -1.50. The molecule has 0 saturated carbocycles. The van der Waals surface area contributed by atoms with Crippen molar-refractivity contribution in [1.29, 1.82) is 0 Å². The lowest BCUT2D eigenvalue weighted by atomic mass is 9.74. The summed E-state index contributed by atoms with van der Waals surface area (Å²) in [6.45, 7) is 1.51. The minimum Gasteiger partial charge on any atom is -0.323 e. The molecule has 2 N–H and O–H groups in total. The zero-order valence-corrected chi connectivity index (χ0v) is 17.2. The van der Waals surface area contributed by atoms with Gasteiger partial charge in [-0.2, -0.15) is 0 Å². The van der Waals surface area contributed by atoms with Crippen molar-refractivity contribution in [1.82, 2.24) is 5.32 Å². The molecule has 26 heavy (non-hydrogen) atoms. The van der Waals surface area contributed by atoms with Gasteiger partial charge in [-0.05, 0) is 43.1 Å². The number of benzene rings is 2. The van der Waals surface area contributed by atoms with E-state index in [4.69, 9.17) is 0 Å². The van der Waals surface area contributed by atoms with Gasteiger partial charge in [0.05, 0.1) is 5.41 Å². The molecule has 1 atom stereocenters. The van der Waals surface area contributed by atoms with Gasteiger partial charge in [0.15, 0.2) is 9.02 Å². The standard InChI is InChI=1S/C20H18Br2N2O2/c21-20(22)15-10-14(6-7-16(15)24-18(20)26)17(25)19(8-9-23-12-19)11-13-4-2-1-3-5-13/h1-7,10,23H,8-9,11-12H2,(H,24,26). The summed E-state index contributed by atoms with van der Waals surface area (Å²) in [6.07, 6.45) is 1.52. The number of fused-ring (bicyclic) bond motifs is 1. The predicted molar refractivity (Wildman–Crippen MR) is 109 cm³/mol. The monoisotopic (exact) mass is 476 g/mol. The van der Waals surface area contributed by atoms with Crippen molar-refractivity contribution in [2.45, 2.75) is 16.1 Å². The van der Waals surface area contributed by atoms with E-state index in [1.807, 2.05) is 36.4 Å². The van der Waals surface area contributed by atoms with Gasteiger partial charge in [0.25, 0.3) is 5.91 Å². The van der Waals surface area contributed by atoms with Gasteiger partial charge in [-0.25, -0.2) is 0 Å². The molecule has 1 unspecified atom stereocenters. The highest BCUT2D eigenvalue weighted by molar-refractivity contribution is 9.25. The highest BCUT2D eigenvalue weighted by Gasteiger charge is 2.45. The van der Waals surface area contributed by atoms with E-state index in [1.54, 1.807) is 0 Å². The third kappa shape index (κ3) is 2.94. The number of Topliss-reactive ketones (excluding diaryl/α,β-unsaturated/α-hetero) is 1. The molecule has 0 spiro atoms. The summed E-state index contributed by atoms with van der Waals surface area (Å²) in [7, 11) is 0. The fourth-order valence-electron chi connectivity index (χ4n) is 3.84. The number of alkyl halides is 2. The molecule has 0 bridgehead atoms. The summed E-state index contributed by atoms with van der Waals surface area (Å²) >= 11 is 6.84. The smallest absolute Gasteiger partial charge is 0.256 e. The first-order valence-electron chi connectivity index (χ1n) is 8.56. The molecule has 2 heterocycles. The van der Waals surface area contributed by atoms with E-state index < -0.39 is 8.65 Å². The number of carbonyl (C=O) groups excluding carboxylic acids is 2. The lowest BCUT2D eigenvalue weighted by Gasteiger charge is -2.27. The molecule has 0 aromatic heterocycles. The third-order valence-corrected chi connectivity index (χ3v) is 6.84. The normalized spacial score (nSPS) is 23.5. The molecular formula is C20H18Br2N2O2. The van der Waals surface area contributed by atoms with Crippen molar-refractivity contribution in [3.63, 3.8) is 0 Å². The van der Waals surface area contributed by atoms with Crippen molar-refractivity contribution < 1.29 is 9.59 Å². The second-order valence-electron chi connectivity index (χ2n) is 6.99. The van der Waals surface area contributed by atoms with Crippen molar-refractivity contribution in [2.24, 2.45) is 5.41 Å². The van der Waals surface area contributed by atoms with Gasteiger partial charge in [0.2, 0.25) is 0 Å². The van der Waals surface area contributed by atoms with E-state index in [1.165, 1.54) is 0 Å². The lowest BCUT2D eigenvalue weighted by Crippen LogP contribution is -2.36. The van der Waals surface area contributed by atoms with Crippen molar-refractivity contribution >= 4 is 49.2 Å². The average molecular weight is 478 g/mol. The van der Waals surface area contributed by atoms with E-state index >= 15 is 0 Å². The molecule has 0 radical (unpaired) electrons. The maximum atomic E-state index is 13.5. The quantitative estimate of drug-likeness (QED) is 0.517. The number of ketones is 1. The summed E-state index contributed by atoms with van der Waals surface area (Å²) in [4.78, 5) is 25.6. The van der Waals surface area contributed by atoms with Gasteiger partial charge in [-0.15, -0.1) is 0 Å².